The fourth-order valence-electron chi connectivity index (χ4n) is 2.13. The first-order valence-electron chi connectivity index (χ1n) is 6.66. The lowest BCUT2D eigenvalue weighted by molar-refractivity contribution is 0.682. The second-order valence-corrected chi connectivity index (χ2v) is 5.57. The molecule has 0 saturated carbocycles. The minimum atomic E-state index is 0.482. The third-order valence-electron chi connectivity index (χ3n) is 3.24. The van der Waals surface area contributed by atoms with Gasteiger partial charge in [0, 0.05) is 23.6 Å². The minimum absolute atomic E-state index is 0.482. The fraction of sp³-hybridized carbons (Fsp3) is 0.294. The highest BCUT2D eigenvalue weighted by Crippen LogP contribution is 2.21. The van der Waals surface area contributed by atoms with Gasteiger partial charge in [0.2, 0.25) is 0 Å². The molecule has 0 heterocycles. The van der Waals surface area contributed by atoms with E-state index in [2.05, 4.69) is 89.3 Å². The first kappa shape index (κ1) is 14.1. The number of alkyl halides is 1. The molecule has 0 aromatic heterocycles. The van der Waals surface area contributed by atoms with E-state index in [0.717, 1.165) is 11.9 Å². The van der Waals surface area contributed by atoms with Gasteiger partial charge in [-0.05, 0) is 37.1 Å². The second-order valence-electron chi connectivity index (χ2n) is 5.01. The van der Waals surface area contributed by atoms with Crippen LogP contribution in [0, 0.1) is 0 Å². The van der Waals surface area contributed by atoms with Gasteiger partial charge in [-0.15, -0.1) is 0 Å². The SMILES string of the molecule is CC(C)N(Cc1ccccc1)c1ccc(CBr)cc1. The molecule has 0 N–H and O–H groups in total. The van der Waals surface area contributed by atoms with Crippen LogP contribution in [0.25, 0.3) is 0 Å². The number of hydrogen-bond acceptors (Lipinski definition) is 1. The average molecular weight is 318 g/mol. The molecular weight excluding hydrogens is 298 g/mol. The Balaban J connectivity index is 2.19. The molecule has 0 atom stereocenters. The van der Waals surface area contributed by atoms with Crippen molar-refractivity contribution in [2.75, 3.05) is 4.90 Å². The van der Waals surface area contributed by atoms with Gasteiger partial charge in [0.05, 0.1) is 0 Å². The zero-order valence-corrected chi connectivity index (χ0v) is 13.1. The van der Waals surface area contributed by atoms with E-state index in [1.54, 1.807) is 0 Å². The molecule has 0 amide bonds. The van der Waals surface area contributed by atoms with Gasteiger partial charge < -0.3 is 4.90 Å². The van der Waals surface area contributed by atoms with E-state index in [1.807, 2.05) is 0 Å². The summed E-state index contributed by atoms with van der Waals surface area (Å²) in [6, 6.07) is 19.9. The molecule has 19 heavy (non-hydrogen) atoms. The van der Waals surface area contributed by atoms with Crippen LogP contribution in [-0.2, 0) is 11.9 Å². The molecule has 2 aromatic carbocycles. The highest BCUT2D eigenvalue weighted by molar-refractivity contribution is 9.08. The van der Waals surface area contributed by atoms with Gasteiger partial charge in [-0.1, -0.05) is 58.4 Å². The molecular formula is C17H20BrN. The largest absolute Gasteiger partial charge is 0.365 e. The maximum atomic E-state index is 3.49. The molecule has 2 heteroatoms. The Bertz CT molecular complexity index is 490. The van der Waals surface area contributed by atoms with Crippen molar-refractivity contribution < 1.29 is 0 Å². The fourth-order valence-corrected chi connectivity index (χ4v) is 2.50. The van der Waals surface area contributed by atoms with Crippen LogP contribution in [0.2, 0.25) is 0 Å². The number of benzene rings is 2. The Morgan fingerprint density at radius 2 is 1.53 bits per heavy atom. The molecule has 1 nitrogen and oxygen atoms in total. The summed E-state index contributed by atoms with van der Waals surface area (Å²) in [6.45, 7) is 5.43. The quantitative estimate of drug-likeness (QED) is 0.702. The van der Waals surface area contributed by atoms with Gasteiger partial charge in [-0.25, -0.2) is 0 Å². The molecule has 0 fully saturated rings. The predicted octanol–water partition coefficient (Wildman–Crippen LogP) is 5.00. The van der Waals surface area contributed by atoms with Crippen molar-refractivity contribution in [3.8, 4) is 0 Å². The van der Waals surface area contributed by atoms with Gasteiger partial charge in [0.15, 0.2) is 0 Å². The standard InChI is InChI=1S/C17H20BrN/c1-14(2)19(13-16-6-4-3-5-7-16)17-10-8-15(12-18)9-11-17/h3-11,14H,12-13H2,1-2H3. The lowest BCUT2D eigenvalue weighted by Crippen LogP contribution is -2.30. The van der Waals surface area contributed by atoms with Gasteiger partial charge in [-0.2, -0.15) is 0 Å². The highest BCUT2D eigenvalue weighted by Gasteiger charge is 2.10. The molecule has 2 aromatic rings. The van der Waals surface area contributed by atoms with Gasteiger partial charge >= 0.3 is 0 Å². The summed E-state index contributed by atoms with van der Waals surface area (Å²) in [5.74, 6) is 0. The Labute approximate surface area is 124 Å². The third-order valence-corrected chi connectivity index (χ3v) is 3.89. The molecule has 0 bridgehead atoms. The zero-order valence-electron chi connectivity index (χ0n) is 11.5. The minimum Gasteiger partial charge on any atom is -0.365 e. The summed E-state index contributed by atoms with van der Waals surface area (Å²) in [5.41, 5.74) is 3.94. The number of hydrogen-bond donors (Lipinski definition) is 0. The summed E-state index contributed by atoms with van der Waals surface area (Å²) in [4.78, 5) is 2.42. The molecule has 0 aliphatic heterocycles. The third kappa shape index (κ3) is 3.84. The molecule has 0 radical (unpaired) electrons. The van der Waals surface area contributed by atoms with Crippen LogP contribution < -0.4 is 4.90 Å². The smallest absolute Gasteiger partial charge is 0.0432 e. The second kappa shape index (κ2) is 6.76. The van der Waals surface area contributed by atoms with Crippen LogP contribution in [0.15, 0.2) is 54.6 Å². The Kier molecular flexibility index (Phi) is 5.03. The summed E-state index contributed by atoms with van der Waals surface area (Å²) in [5, 5.41) is 0.910. The van der Waals surface area contributed by atoms with Gasteiger partial charge in [0.1, 0.15) is 0 Å². The predicted molar refractivity (Wildman–Crippen MR) is 86.8 cm³/mol. The van der Waals surface area contributed by atoms with E-state index < -0.39 is 0 Å². The van der Waals surface area contributed by atoms with E-state index in [9.17, 15) is 0 Å². The monoisotopic (exact) mass is 317 g/mol. The van der Waals surface area contributed by atoms with Crippen LogP contribution >= 0.6 is 15.9 Å². The van der Waals surface area contributed by atoms with Crippen molar-refractivity contribution in [2.45, 2.75) is 31.8 Å². The molecule has 0 saturated heterocycles. The van der Waals surface area contributed by atoms with Gasteiger partial charge in [-0.3, -0.25) is 0 Å². The van der Waals surface area contributed by atoms with Gasteiger partial charge in [0.25, 0.3) is 0 Å². The van der Waals surface area contributed by atoms with Crippen molar-refractivity contribution in [1.29, 1.82) is 0 Å². The van der Waals surface area contributed by atoms with E-state index in [0.29, 0.717) is 6.04 Å². The molecule has 2 rings (SSSR count). The summed E-state index contributed by atoms with van der Waals surface area (Å²) in [6.07, 6.45) is 0. The Morgan fingerprint density at radius 1 is 0.895 bits per heavy atom. The maximum Gasteiger partial charge on any atom is 0.0432 e. The maximum absolute atomic E-state index is 3.49. The topological polar surface area (TPSA) is 3.24 Å². The molecule has 0 aliphatic rings. The molecule has 0 aliphatic carbocycles. The van der Waals surface area contributed by atoms with Crippen LogP contribution in [0.3, 0.4) is 0 Å². The van der Waals surface area contributed by atoms with Crippen molar-refractivity contribution in [3.63, 3.8) is 0 Å². The number of rotatable bonds is 5. The van der Waals surface area contributed by atoms with Crippen LogP contribution in [-0.4, -0.2) is 6.04 Å². The molecule has 0 unspecified atom stereocenters. The van der Waals surface area contributed by atoms with E-state index in [1.165, 1.54) is 16.8 Å². The summed E-state index contributed by atoms with van der Waals surface area (Å²) < 4.78 is 0. The summed E-state index contributed by atoms with van der Waals surface area (Å²) in [7, 11) is 0. The van der Waals surface area contributed by atoms with E-state index in [4.69, 9.17) is 0 Å². The van der Waals surface area contributed by atoms with E-state index in [-0.39, 0.29) is 0 Å². The Morgan fingerprint density at radius 3 is 2.05 bits per heavy atom. The lowest BCUT2D eigenvalue weighted by atomic mass is 10.1. The number of nitrogens with zero attached hydrogens (tertiary/aromatic N) is 1. The average Bonchev–Trinajstić information content (AvgIpc) is 2.46. The molecule has 0 spiro atoms. The first-order valence-corrected chi connectivity index (χ1v) is 7.78. The summed E-state index contributed by atoms with van der Waals surface area (Å²) >= 11 is 3.49. The van der Waals surface area contributed by atoms with Crippen molar-refractivity contribution in [3.05, 3.63) is 65.7 Å². The van der Waals surface area contributed by atoms with Crippen LogP contribution in [0.1, 0.15) is 25.0 Å². The highest BCUT2D eigenvalue weighted by atomic mass is 79.9. The number of halogens is 1. The van der Waals surface area contributed by atoms with Crippen molar-refractivity contribution in [1.82, 2.24) is 0 Å². The lowest BCUT2D eigenvalue weighted by Gasteiger charge is -2.29. The Hall–Kier alpha value is -1.28. The first-order chi connectivity index (χ1) is 9.20. The number of anilines is 1. The van der Waals surface area contributed by atoms with Crippen molar-refractivity contribution >= 4 is 21.6 Å². The van der Waals surface area contributed by atoms with Crippen LogP contribution in [0.5, 0.6) is 0 Å². The van der Waals surface area contributed by atoms with Crippen molar-refractivity contribution in [2.24, 2.45) is 0 Å². The van der Waals surface area contributed by atoms with Crippen LogP contribution in [0.4, 0.5) is 5.69 Å². The zero-order chi connectivity index (χ0) is 13.7. The molecule has 100 valence electrons. The van der Waals surface area contributed by atoms with E-state index >= 15 is 0 Å². The normalized spacial score (nSPS) is 10.7.